The molecule has 4 rings (SSSR count). The molecule has 1 aromatic carbocycles. The molecule has 2 fully saturated rings. The molecule has 0 radical (unpaired) electrons. The summed E-state index contributed by atoms with van der Waals surface area (Å²) >= 11 is 0. The van der Waals surface area contributed by atoms with Crippen molar-refractivity contribution in [2.45, 2.75) is 44.7 Å². The van der Waals surface area contributed by atoms with E-state index in [9.17, 15) is 0 Å². The molecular formula is C20H24N2. The Morgan fingerprint density at radius 3 is 2.91 bits per heavy atom. The Morgan fingerprint density at radius 2 is 2.05 bits per heavy atom. The normalized spacial score (nSPS) is 30.5. The van der Waals surface area contributed by atoms with Crippen LogP contribution < -0.4 is 5.32 Å². The van der Waals surface area contributed by atoms with Gasteiger partial charge in [0, 0.05) is 23.2 Å². The van der Waals surface area contributed by atoms with Crippen LogP contribution >= 0.6 is 0 Å². The van der Waals surface area contributed by atoms with Crippen LogP contribution in [0.25, 0.3) is 10.9 Å². The van der Waals surface area contributed by atoms with Crippen molar-refractivity contribution in [2.24, 2.45) is 11.8 Å². The third-order valence-corrected chi connectivity index (χ3v) is 5.85. The van der Waals surface area contributed by atoms with Crippen LogP contribution in [0.1, 0.15) is 44.7 Å². The minimum atomic E-state index is 0.187. The number of hydrogen-bond donors (Lipinski definition) is 1. The molecule has 0 amide bonds. The zero-order valence-electron chi connectivity index (χ0n) is 13.5. The van der Waals surface area contributed by atoms with E-state index in [1.54, 1.807) is 0 Å². The second-order valence-electron chi connectivity index (χ2n) is 7.50. The fourth-order valence-electron chi connectivity index (χ4n) is 4.47. The lowest BCUT2D eigenvalue weighted by Crippen LogP contribution is -2.56. The number of aromatic nitrogens is 1. The monoisotopic (exact) mass is 292 g/mol. The van der Waals surface area contributed by atoms with Crippen LogP contribution in [0.4, 0.5) is 0 Å². The Bertz CT molecular complexity index is 726. The molecule has 1 aliphatic heterocycles. The number of fused-ring (bicyclic) bond motifs is 3. The van der Waals surface area contributed by atoms with Gasteiger partial charge in [0.25, 0.3) is 0 Å². The van der Waals surface area contributed by atoms with Crippen molar-refractivity contribution in [1.82, 2.24) is 10.3 Å². The van der Waals surface area contributed by atoms with Gasteiger partial charge in [-0.25, -0.2) is 0 Å². The Morgan fingerprint density at radius 1 is 1.23 bits per heavy atom. The fourth-order valence-corrected chi connectivity index (χ4v) is 4.47. The number of para-hydroxylation sites is 1. The average Bonchev–Trinajstić information content (AvgIpc) is 2.52. The quantitative estimate of drug-likeness (QED) is 0.775. The van der Waals surface area contributed by atoms with Crippen molar-refractivity contribution in [3.63, 3.8) is 0 Å². The van der Waals surface area contributed by atoms with E-state index in [-0.39, 0.29) is 5.54 Å². The molecule has 2 nitrogen and oxygen atoms in total. The van der Waals surface area contributed by atoms with Crippen molar-refractivity contribution < 1.29 is 0 Å². The second-order valence-corrected chi connectivity index (χ2v) is 7.50. The third kappa shape index (κ3) is 2.09. The number of nitrogens with one attached hydrogen (secondary N) is 1. The maximum absolute atomic E-state index is 4.52. The van der Waals surface area contributed by atoms with Crippen LogP contribution in [0.15, 0.2) is 48.7 Å². The molecule has 3 unspecified atom stereocenters. The average molecular weight is 292 g/mol. The molecule has 3 atom stereocenters. The molecule has 1 aliphatic carbocycles. The van der Waals surface area contributed by atoms with E-state index in [0.717, 1.165) is 11.4 Å². The maximum atomic E-state index is 4.52. The maximum Gasteiger partial charge on any atom is 0.0705 e. The highest BCUT2D eigenvalue weighted by atomic mass is 15.0. The lowest BCUT2D eigenvalue weighted by molar-refractivity contribution is 0.0898. The third-order valence-electron chi connectivity index (χ3n) is 5.85. The molecule has 0 spiro atoms. The van der Waals surface area contributed by atoms with Gasteiger partial charge in [-0.15, -0.1) is 0 Å². The Kier molecular flexibility index (Phi) is 3.12. The SMILES string of the molecule is C=C1CCC2CC1C(c1ccnc3ccccc13)NC2(C)C. The Balaban J connectivity index is 1.84. The molecule has 1 N–H and O–H groups in total. The molecular weight excluding hydrogens is 268 g/mol. The Labute approximate surface area is 132 Å². The van der Waals surface area contributed by atoms with Gasteiger partial charge in [0.15, 0.2) is 0 Å². The van der Waals surface area contributed by atoms with Crippen LogP contribution in [0.5, 0.6) is 0 Å². The summed E-state index contributed by atoms with van der Waals surface area (Å²) < 4.78 is 0. The minimum Gasteiger partial charge on any atom is -0.304 e. The van der Waals surface area contributed by atoms with Crippen molar-refractivity contribution in [3.8, 4) is 0 Å². The first-order chi connectivity index (χ1) is 10.6. The summed E-state index contributed by atoms with van der Waals surface area (Å²) in [4.78, 5) is 4.52. The van der Waals surface area contributed by atoms with Gasteiger partial charge in [0.1, 0.15) is 0 Å². The summed E-state index contributed by atoms with van der Waals surface area (Å²) in [5.41, 5.74) is 4.07. The van der Waals surface area contributed by atoms with Gasteiger partial charge in [-0.2, -0.15) is 0 Å². The van der Waals surface area contributed by atoms with Gasteiger partial charge < -0.3 is 5.32 Å². The highest BCUT2D eigenvalue weighted by Gasteiger charge is 2.45. The molecule has 2 aromatic rings. The first-order valence-electron chi connectivity index (χ1n) is 8.35. The number of piperidine rings is 1. The molecule has 114 valence electrons. The van der Waals surface area contributed by atoms with Gasteiger partial charge in [0.05, 0.1) is 5.52 Å². The van der Waals surface area contributed by atoms with Crippen molar-refractivity contribution in [2.75, 3.05) is 0 Å². The zero-order valence-corrected chi connectivity index (χ0v) is 13.5. The summed E-state index contributed by atoms with van der Waals surface area (Å²) in [6.07, 6.45) is 5.67. The topological polar surface area (TPSA) is 24.9 Å². The first kappa shape index (κ1) is 14.0. The standard InChI is InChI=1S/C20H24N2/c1-13-8-9-14-12-17(13)19(22-20(14,2)3)16-10-11-21-18-7-5-4-6-15(16)18/h4-7,10-11,14,17,19,22H,1,8-9,12H2,2-3H3. The number of hydrogen-bond acceptors (Lipinski definition) is 2. The van der Waals surface area contributed by atoms with Crippen LogP contribution in [0.3, 0.4) is 0 Å². The van der Waals surface area contributed by atoms with Crippen LogP contribution in [-0.4, -0.2) is 10.5 Å². The first-order valence-corrected chi connectivity index (χ1v) is 8.35. The lowest BCUT2D eigenvalue weighted by atomic mass is 9.63. The van der Waals surface area contributed by atoms with Crippen LogP contribution in [0.2, 0.25) is 0 Å². The summed E-state index contributed by atoms with van der Waals surface area (Å²) in [6, 6.07) is 11.0. The molecule has 1 saturated heterocycles. The molecule has 22 heavy (non-hydrogen) atoms. The summed E-state index contributed by atoms with van der Waals surface area (Å²) in [5.74, 6) is 1.31. The van der Waals surface area contributed by atoms with Gasteiger partial charge in [0.2, 0.25) is 0 Å². The van der Waals surface area contributed by atoms with Crippen molar-refractivity contribution >= 4 is 10.9 Å². The predicted molar refractivity (Wildman–Crippen MR) is 91.7 cm³/mol. The predicted octanol–water partition coefficient (Wildman–Crippen LogP) is 4.63. The van der Waals surface area contributed by atoms with Crippen molar-refractivity contribution in [1.29, 1.82) is 0 Å². The largest absolute Gasteiger partial charge is 0.304 e. The van der Waals surface area contributed by atoms with E-state index in [1.165, 1.54) is 35.8 Å². The molecule has 1 saturated carbocycles. The van der Waals surface area contributed by atoms with Crippen LogP contribution in [-0.2, 0) is 0 Å². The summed E-state index contributed by atoms with van der Waals surface area (Å²) in [7, 11) is 0. The number of nitrogens with zero attached hydrogens (tertiary/aromatic N) is 1. The minimum absolute atomic E-state index is 0.187. The van der Waals surface area contributed by atoms with Gasteiger partial charge >= 0.3 is 0 Å². The highest BCUT2D eigenvalue weighted by molar-refractivity contribution is 5.82. The fraction of sp³-hybridized carbons (Fsp3) is 0.450. The number of pyridine rings is 1. The Hall–Kier alpha value is -1.67. The number of benzene rings is 1. The molecule has 2 heterocycles. The van der Waals surface area contributed by atoms with E-state index < -0.39 is 0 Å². The van der Waals surface area contributed by atoms with E-state index in [2.05, 4.69) is 61.1 Å². The lowest BCUT2D eigenvalue weighted by Gasteiger charge is -2.52. The summed E-state index contributed by atoms with van der Waals surface area (Å²) in [6.45, 7) is 9.10. The van der Waals surface area contributed by atoms with E-state index >= 15 is 0 Å². The van der Waals surface area contributed by atoms with E-state index in [1.807, 2.05) is 6.20 Å². The zero-order chi connectivity index (χ0) is 15.3. The summed E-state index contributed by atoms with van der Waals surface area (Å²) in [5, 5.41) is 5.22. The highest BCUT2D eigenvalue weighted by Crippen LogP contribution is 2.49. The number of rotatable bonds is 1. The van der Waals surface area contributed by atoms with Gasteiger partial charge in [-0.3, -0.25) is 4.98 Å². The molecule has 2 heteroatoms. The molecule has 1 aromatic heterocycles. The molecule has 2 aliphatic rings. The van der Waals surface area contributed by atoms with Crippen LogP contribution in [0, 0.1) is 11.8 Å². The van der Waals surface area contributed by atoms with Gasteiger partial charge in [-0.1, -0.05) is 30.4 Å². The smallest absolute Gasteiger partial charge is 0.0705 e. The van der Waals surface area contributed by atoms with Gasteiger partial charge in [-0.05, 0) is 62.6 Å². The van der Waals surface area contributed by atoms with E-state index in [0.29, 0.717) is 12.0 Å². The van der Waals surface area contributed by atoms with Crippen molar-refractivity contribution in [3.05, 3.63) is 54.2 Å². The second kappa shape index (κ2) is 4.92. The van der Waals surface area contributed by atoms with E-state index in [4.69, 9.17) is 0 Å². The molecule has 2 bridgehead atoms.